The van der Waals surface area contributed by atoms with Crippen molar-refractivity contribution in [1.82, 2.24) is 10.4 Å². The molecule has 1 aromatic heterocycles. The fraction of sp³-hybridized carbons (Fsp3) is 0.600. The maximum atomic E-state index is 3.26. The molecule has 1 aromatic rings. The molecule has 2 atom stereocenters. The average Bonchev–Trinajstić information content (AvgIpc) is 2.61. The number of nitrogens with zero attached hydrogens (tertiary/aromatic N) is 1. The number of rotatable bonds is 3. The SMILES string of the molecule is CC(C)c1ccc(CN2NC2C)s1. The van der Waals surface area contributed by atoms with Gasteiger partial charge < -0.3 is 0 Å². The first-order valence-electron chi connectivity index (χ1n) is 4.78. The van der Waals surface area contributed by atoms with Crippen LogP contribution in [0.3, 0.4) is 0 Å². The fourth-order valence-electron chi connectivity index (χ4n) is 1.35. The summed E-state index contributed by atoms with van der Waals surface area (Å²) in [5, 5.41) is 2.25. The molecular weight excluding hydrogens is 180 g/mol. The molecule has 2 nitrogen and oxygen atoms in total. The Bertz CT molecular complexity index is 293. The molecule has 0 radical (unpaired) electrons. The summed E-state index contributed by atoms with van der Waals surface area (Å²) in [6, 6.07) is 4.49. The number of hydrogen-bond donors (Lipinski definition) is 1. The van der Waals surface area contributed by atoms with Crippen molar-refractivity contribution in [2.24, 2.45) is 0 Å². The molecule has 1 aliphatic heterocycles. The Kier molecular flexibility index (Phi) is 2.41. The second-order valence-electron chi connectivity index (χ2n) is 3.89. The Morgan fingerprint density at radius 2 is 2.23 bits per heavy atom. The third-order valence-electron chi connectivity index (χ3n) is 2.33. The molecular formula is C10H16N2S. The zero-order chi connectivity index (χ0) is 9.42. The predicted molar refractivity (Wildman–Crippen MR) is 56.5 cm³/mol. The van der Waals surface area contributed by atoms with E-state index >= 15 is 0 Å². The summed E-state index contributed by atoms with van der Waals surface area (Å²) in [6.07, 6.45) is 0.574. The van der Waals surface area contributed by atoms with Crippen molar-refractivity contribution in [3.63, 3.8) is 0 Å². The highest BCUT2D eigenvalue weighted by Crippen LogP contribution is 2.26. The van der Waals surface area contributed by atoms with Gasteiger partial charge in [0.2, 0.25) is 0 Å². The molecule has 0 amide bonds. The highest BCUT2D eigenvalue weighted by Gasteiger charge is 2.28. The lowest BCUT2D eigenvalue weighted by Crippen LogP contribution is -1.98. The number of hydrazine groups is 1. The molecule has 2 rings (SSSR count). The van der Waals surface area contributed by atoms with E-state index in [2.05, 4.69) is 43.3 Å². The van der Waals surface area contributed by atoms with Gasteiger partial charge in [0.1, 0.15) is 0 Å². The molecule has 3 heteroatoms. The summed E-state index contributed by atoms with van der Waals surface area (Å²) in [5.41, 5.74) is 3.26. The number of thiophene rings is 1. The third kappa shape index (κ3) is 2.10. The second kappa shape index (κ2) is 3.40. The van der Waals surface area contributed by atoms with Gasteiger partial charge in [0.15, 0.2) is 0 Å². The Morgan fingerprint density at radius 3 is 2.69 bits per heavy atom. The van der Waals surface area contributed by atoms with E-state index in [4.69, 9.17) is 0 Å². The third-order valence-corrected chi connectivity index (χ3v) is 3.70. The van der Waals surface area contributed by atoms with Crippen LogP contribution in [0.4, 0.5) is 0 Å². The lowest BCUT2D eigenvalue weighted by molar-refractivity contribution is 0.488. The van der Waals surface area contributed by atoms with Gasteiger partial charge in [-0.2, -0.15) is 0 Å². The molecule has 0 bridgehead atoms. The quantitative estimate of drug-likeness (QED) is 0.751. The summed E-state index contributed by atoms with van der Waals surface area (Å²) in [7, 11) is 0. The van der Waals surface area contributed by atoms with Crippen LogP contribution in [0.25, 0.3) is 0 Å². The summed E-state index contributed by atoms with van der Waals surface area (Å²) < 4.78 is 0. The summed E-state index contributed by atoms with van der Waals surface area (Å²) in [4.78, 5) is 2.95. The molecule has 13 heavy (non-hydrogen) atoms. The van der Waals surface area contributed by atoms with Gasteiger partial charge in [-0.15, -0.1) is 11.3 Å². The number of hydrogen-bond acceptors (Lipinski definition) is 3. The first-order chi connectivity index (χ1) is 6.16. The van der Waals surface area contributed by atoms with Gasteiger partial charge in [-0.3, -0.25) is 0 Å². The normalized spacial score (nSPS) is 26.8. The zero-order valence-electron chi connectivity index (χ0n) is 8.37. The van der Waals surface area contributed by atoms with Crippen LogP contribution in [0.1, 0.15) is 36.4 Å². The van der Waals surface area contributed by atoms with Crippen LogP contribution < -0.4 is 5.43 Å². The lowest BCUT2D eigenvalue weighted by atomic mass is 10.2. The van der Waals surface area contributed by atoms with Gasteiger partial charge in [0.25, 0.3) is 0 Å². The number of nitrogens with one attached hydrogen (secondary N) is 1. The maximum absolute atomic E-state index is 3.26. The Balaban J connectivity index is 1.97. The van der Waals surface area contributed by atoms with E-state index in [-0.39, 0.29) is 0 Å². The highest BCUT2D eigenvalue weighted by atomic mass is 32.1. The molecule has 0 spiro atoms. The minimum absolute atomic E-state index is 0.574. The Morgan fingerprint density at radius 1 is 1.54 bits per heavy atom. The smallest absolute Gasteiger partial charge is 0.0839 e. The van der Waals surface area contributed by atoms with Gasteiger partial charge in [0.05, 0.1) is 6.17 Å². The van der Waals surface area contributed by atoms with Gasteiger partial charge in [0, 0.05) is 16.3 Å². The second-order valence-corrected chi connectivity index (χ2v) is 5.09. The molecule has 1 aliphatic rings. The van der Waals surface area contributed by atoms with Crippen LogP contribution in [0, 0.1) is 0 Å². The van der Waals surface area contributed by atoms with E-state index in [1.165, 1.54) is 9.75 Å². The monoisotopic (exact) mass is 196 g/mol. The van der Waals surface area contributed by atoms with Crippen molar-refractivity contribution in [3.05, 3.63) is 21.9 Å². The fourth-order valence-corrected chi connectivity index (χ4v) is 2.36. The van der Waals surface area contributed by atoms with Crippen molar-refractivity contribution >= 4 is 11.3 Å². The van der Waals surface area contributed by atoms with Crippen LogP contribution in [0.5, 0.6) is 0 Å². The molecule has 0 aromatic carbocycles. The minimum Gasteiger partial charge on any atom is -0.235 e. The molecule has 2 heterocycles. The van der Waals surface area contributed by atoms with Crippen molar-refractivity contribution in [2.75, 3.05) is 0 Å². The van der Waals surface area contributed by atoms with E-state index in [0.29, 0.717) is 12.1 Å². The largest absolute Gasteiger partial charge is 0.235 e. The molecule has 1 N–H and O–H groups in total. The zero-order valence-corrected chi connectivity index (χ0v) is 9.19. The van der Waals surface area contributed by atoms with Crippen molar-refractivity contribution in [3.8, 4) is 0 Å². The predicted octanol–water partition coefficient (Wildman–Crippen LogP) is 2.54. The summed E-state index contributed by atoms with van der Waals surface area (Å²) >= 11 is 1.93. The summed E-state index contributed by atoms with van der Waals surface area (Å²) in [5.74, 6) is 0.665. The molecule has 2 unspecified atom stereocenters. The first-order valence-corrected chi connectivity index (χ1v) is 5.60. The first kappa shape index (κ1) is 9.19. The van der Waals surface area contributed by atoms with E-state index in [0.717, 1.165) is 6.54 Å². The van der Waals surface area contributed by atoms with Crippen LogP contribution in [-0.4, -0.2) is 11.2 Å². The van der Waals surface area contributed by atoms with E-state index < -0.39 is 0 Å². The Labute approximate surface area is 83.5 Å². The van der Waals surface area contributed by atoms with Crippen molar-refractivity contribution in [1.29, 1.82) is 0 Å². The standard InChI is InChI=1S/C10H16N2S/c1-7(2)10-5-4-9(13-10)6-12-8(3)11-12/h4-5,7-8,11H,6H2,1-3H3. The van der Waals surface area contributed by atoms with Crippen LogP contribution in [0.2, 0.25) is 0 Å². The van der Waals surface area contributed by atoms with Crippen LogP contribution in [0.15, 0.2) is 12.1 Å². The van der Waals surface area contributed by atoms with Gasteiger partial charge in [-0.1, -0.05) is 13.8 Å². The van der Waals surface area contributed by atoms with Crippen molar-refractivity contribution < 1.29 is 0 Å². The topological polar surface area (TPSA) is 25.0 Å². The average molecular weight is 196 g/mol. The van der Waals surface area contributed by atoms with E-state index in [1.807, 2.05) is 11.3 Å². The van der Waals surface area contributed by atoms with Gasteiger partial charge in [-0.25, -0.2) is 10.4 Å². The van der Waals surface area contributed by atoms with E-state index in [9.17, 15) is 0 Å². The Hall–Kier alpha value is -0.380. The molecule has 1 fully saturated rings. The maximum Gasteiger partial charge on any atom is 0.0839 e. The van der Waals surface area contributed by atoms with E-state index in [1.54, 1.807) is 0 Å². The summed E-state index contributed by atoms with van der Waals surface area (Å²) in [6.45, 7) is 7.72. The molecule has 72 valence electrons. The molecule has 1 saturated heterocycles. The van der Waals surface area contributed by atoms with Gasteiger partial charge in [-0.05, 0) is 25.0 Å². The lowest BCUT2D eigenvalue weighted by Gasteiger charge is -1.98. The van der Waals surface area contributed by atoms with Crippen molar-refractivity contribution in [2.45, 2.75) is 39.4 Å². The minimum atomic E-state index is 0.574. The molecule has 0 saturated carbocycles. The van der Waals surface area contributed by atoms with Crippen LogP contribution in [-0.2, 0) is 6.54 Å². The highest BCUT2D eigenvalue weighted by molar-refractivity contribution is 7.12. The molecule has 0 aliphatic carbocycles. The van der Waals surface area contributed by atoms with Crippen LogP contribution >= 0.6 is 11.3 Å². The van der Waals surface area contributed by atoms with Gasteiger partial charge >= 0.3 is 0 Å².